The summed E-state index contributed by atoms with van der Waals surface area (Å²) >= 11 is 0. The van der Waals surface area contributed by atoms with Crippen molar-refractivity contribution >= 4 is 16.6 Å². The van der Waals surface area contributed by atoms with E-state index in [-0.39, 0.29) is 47.0 Å². The summed E-state index contributed by atoms with van der Waals surface area (Å²) < 4.78 is 22.6. The lowest BCUT2D eigenvalue weighted by Crippen LogP contribution is -2.25. The van der Waals surface area contributed by atoms with Crippen LogP contribution in [0.25, 0.3) is 28.1 Å². The van der Waals surface area contributed by atoms with Gasteiger partial charge < -0.3 is 9.63 Å². The predicted octanol–water partition coefficient (Wildman–Crippen LogP) is 2.52. The van der Waals surface area contributed by atoms with Crippen LogP contribution in [0.2, 0.25) is 0 Å². The molecule has 0 bridgehead atoms. The maximum Gasteiger partial charge on any atom is 0.278 e. The molecule has 0 spiro atoms. The molecule has 0 amide bonds. The molecule has 1 aromatic carbocycles. The van der Waals surface area contributed by atoms with Gasteiger partial charge in [0.25, 0.3) is 5.56 Å². The molecule has 27 heavy (non-hydrogen) atoms. The van der Waals surface area contributed by atoms with Gasteiger partial charge in [-0.15, -0.1) is 0 Å². The summed E-state index contributed by atoms with van der Waals surface area (Å²) in [6.07, 6.45) is 1.45. The molecule has 0 aliphatic carbocycles. The van der Waals surface area contributed by atoms with E-state index in [1.807, 2.05) is 13.8 Å². The van der Waals surface area contributed by atoms with Crippen LogP contribution in [0.15, 0.2) is 33.8 Å². The van der Waals surface area contributed by atoms with E-state index in [0.717, 1.165) is 0 Å². The highest BCUT2D eigenvalue weighted by atomic mass is 19.1. The number of nitrogens with zero attached hydrogens (tertiary/aromatic N) is 5. The Morgan fingerprint density at radius 2 is 2.04 bits per heavy atom. The number of hydrogen-bond acceptors (Lipinski definition) is 6. The summed E-state index contributed by atoms with van der Waals surface area (Å²) in [6, 6.07) is 4.37. The van der Waals surface area contributed by atoms with Crippen LogP contribution in [0, 0.1) is 5.82 Å². The zero-order chi connectivity index (χ0) is 19.3. The molecule has 140 valence electrons. The fourth-order valence-electron chi connectivity index (χ4n) is 3.15. The Balaban J connectivity index is 2.07. The molecular weight excluding hydrogens is 353 g/mol. The van der Waals surface area contributed by atoms with Crippen LogP contribution in [-0.4, -0.2) is 35.8 Å². The standard InChI is InChI=1S/C18H18FN5O3/c1-9(2)24-14-11(19)5-4-6-12(14)23-8-20-13(15(23)18(24)26)16-21-17(27-22-16)10(3)7-25/h4-6,8-10,25H,7H2,1-3H3. The predicted molar refractivity (Wildman–Crippen MR) is 96.1 cm³/mol. The molecule has 1 N–H and O–H groups in total. The maximum atomic E-state index is 14.5. The van der Waals surface area contributed by atoms with Gasteiger partial charge in [-0.1, -0.05) is 18.1 Å². The van der Waals surface area contributed by atoms with Crippen LogP contribution in [-0.2, 0) is 0 Å². The zero-order valence-electron chi connectivity index (χ0n) is 15.0. The maximum absolute atomic E-state index is 14.5. The van der Waals surface area contributed by atoms with Gasteiger partial charge in [0, 0.05) is 6.04 Å². The van der Waals surface area contributed by atoms with Crippen molar-refractivity contribution in [3.63, 3.8) is 0 Å². The number of fused-ring (bicyclic) bond motifs is 3. The van der Waals surface area contributed by atoms with Gasteiger partial charge in [-0.2, -0.15) is 4.98 Å². The number of aromatic nitrogens is 5. The van der Waals surface area contributed by atoms with E-state index in [4.69, 9.17) is 4.52 Å². The van der Waals surface area contributed by atoms with Crippen LogP contribution in [0.5, 0.6) is 0 Å². The molecule has 1 atom stereocenters. The third-order valence-corrected chi connectivity index (χ3v) is 4.52. The van der Waals surface area contributed by atoms with Gasteiger partial charge in [0.2, 0.25) is 11.7 Å². The Labute approximate surface area is 152 Å². The fraction of sp³-hybridized carbons (Fsp3) is 0.333. The minimum Gasteiger partial charge on any atom is -0.396 e. The second kappa shape index (κ2) is 6.27. The van der Waals surface area contributed by atoms with Crippen molar-refractivity contribution in [2.75, 3.05) is 6.61 Å². The lowest BCUT2D eigenvalue weighted by molar-refractivity contribution is 0.242. The van der Waals surface area contributed by atoms with Crippen LogP contribution in [0.4, 0.5) is 4.39 Å². The van der Waals surface area contributed by atoms with E-state index in [0.29, 0.717) is 5.52 Å². The van der Waals surface area contributed by atoms with E-state index in [9.17, 15) is 14.3 Å². The molecule has 0 aliphatic rings. The molecule has 1 unspecified atom stereocenters. The molecular formula is C18H18FN5O3. The first-order chi connectivity index (χ1) is 12.9. The molecule has 8 nitrogen and oxygen atoms in total. The Hall–Kier alpha value is -3.07. The van der Waals surface area contributed by atoms with Crippen molar-refractivity contribution < 1.29 is 14.0 Å². The lowest BCUT2D eigenvalue weighted by Gasteiger charge is -2.16. The van der Waals surface area contributed by atoms with Crippen molar-refractivity contribution in [3.8, 4) is 11.5 Å². The van der Waals surface area contributed by atoms with Gasteiger partial charge >= 0.3 is 0 Å². The van der Waals surface area contributed by atoms with Crippen LogP contribution >= 0.6 is 0 Å². The molecule has 9 heteroatoms. The lowest BCUT2D eigenvalue weighted by atomic mass is 10.2. The quantitative estimate of drug-likeness (QED) is 0.592. The summed E-state index contributed by atoms with van der Waals surface area (Å²) in [5.74, 6) is -0.405. The Morgan fingerprint density at radius 3 is 2.74 bits per heavy atom. The van der Waals surface area contributed by atoms with Crippen LogP contribution in [0.3, 0.4) is 0 Å². The molecule has 4 rings (SSSR count). The third-order valence-electron chi connectivity index (χ3n) is 4.52. The minimum absolute atomic E-state index is 0.143. The molecule has 0 saturated carbocycles. The van der Waals surface area contributed by atoms with Crippen molar-refractivity contribution in [3.05, 3.63) is 46.6 Å². The Kier molecular flexibility index (Phi) is 4.03. The molecule has 3 heterocycles. The summed E-state index contributed by atoms with van der Waals surface area (Å²) in [7, 11) is 0. The van der Waals surface area contributed by atoms with E-state index in [1.165, 1.54) is 17.0 Å². The number of benzene rings is 1. The van der Waals surface area contributed by atoms with Crippen LogP contribution in [0.1, 0.15) is 38.6 Å². The van der Waals surface area contributed by atoms with Crippen molar-refractivity contribution in [1.82, 2.24) is 24.1 Å². The largest absolute Gasteiger partial charge is 0.396 e. The highest BCUT2D eigenvalue weighted by Crippen LogP contribution is 2.26. The molecule has 0 aliphatic heterocycles. The highest BCUT2D eigenvalue weighted by molar-refractivity contribution is 5.84. The number of hydrogen-bond donors (Lipinski definition) is 1. The van der Waals surface area contributed by atoms with E-state index < -0.39 is 11.4 Å². The van der Waals surface area contributed by atoms with Crippen LogP contribution < -0.4 is 5.56 Å². The minimum atomic E-state index is -0.478. The number of para-hydroxylation sites is 1. The molecule has 3 aromatic heterocycles. The average Bonchev–Trinajstić information content (AvgIpc) is 3.29. The third kappa shape index (κ3) is 2.54. The first kappa shape index (κ1) is 17.3. The van der Waals surface area contributed by atoms with E-state index >= 15 is 0 Å². The first-order valence-electron chi connectivity index (χ1n) is 8.58. The van der Waals surface area contributed by atoms with Crippen molar-refractivity contribution in [1.29, 1.82) is 0 Å². The second-order valence-corrected chi connectivity index (χ2v) is 6.73. The molecule has 0 radical (unpaired) electrons. The number of rotatable bonds is 4. The van der Waals surface area contributed by atoms with E-state index in [2.05, 4.69) is 15.1 Å². The monoisotopic (exact) mass is 371 g/mol. The van der Waals surface area contributed by atoms with Crippen molar-refractivity contribution in [2.24, 2.45) is 0 Å². The first-order valence-corrected chi connectivity index (χ1v) is 8.58. The van der Waals surface area contributed by atoms with Gasteiger partial charge in [-0.3, -0.25) is 13.8 Å². The number of imidazole rings is 1. The summed E-state index contributed by atoms with van der Waals surface area (Å²) in [6.45, 7) is 5.23. The highest BCUT2D eigenvalue weighted by Gasteiger charge is 2.23. The number of aliphatic hydroxyl groups excluding tert-OH is 1. The smallest absolute Gasteiger partial charge is 0.278 e. The Bertz CT molecular complexity index is 1210. The van der Waals surface area contributed by atoms with Gasteiger partial charge in [0.1, 0.15) is 28.9 Å². The zero-order valence-corrected chi connectivity index (χ0v) is 15.0. The van der Waals surface area contributed by atoms with E-state index in [1.54, 1.807) is 23.5 Å². The summed E-state index contributed by atoms with van der Waals surface area (Å²) in [5.41, 5.74) is 0.837. The second-order valence-electron chi connectivity index (χ2n) is 6.73. The molecule has 4 aromatic rings. The number of aliphatic hydroxyl groups is 1. The van der Waals surface area contributed by atoms with Gasteiger partial charge in [0.15, 0.2) is 0 Å². The Morgan fingerprint density at radius 1 is 1.26 bits per heavy atom. The normalized spacial score (nSPS) is 13.1. The van der Waals surface area contributed by atoms with Gasteiger partial charge in [0.05, 0.1) is 18.0 Å². The SMILES string of the molecule is CC(CO)c1nc(-c2ncn3c2c(=O)n(C(C)C)c2c(F)cccc23)no1. The van der Waals surface area contributed by atoms with Gasteiger partial charge in [-0.25, -0.2) is 9.37 Å². The average molecular weight is 371 g/mol. The fourth-order valence-corrected chi connectivity index (χ4v) is 3.15. The molecule has 0 saturated heterocycles. The topological polar surface area (TPSA) is 98.5 Å². The number of halogens is 1. The molecule has 0 fully saturated rings. The van der Waals surface area contributed by atoms with Gasteiger partial charge in [-0.05, 0) is 26.0 Å². The summed E-state index contributed by atoms with van der Waals surface area (Å²) in [4.78, 5) is 21.7. The van der Waals surface area contributed by atoms with Crippen molar-refractivity contribution in [2.45, 2.75) is 32.7 Å². The summed E-state index contributed by atoms with van der Waals surface area (Å²) in [5, 5.41) is 13.1.